The zero-order valence-electron chi connectivity index (χ0n) is 10.4. The summed E-state index contributed by atoms with van der Waals surface area (Å²) in [6.45, 7) is -0.0684. The van der Waals surface area contributed by atoms with Crippen LogP contribution in [0.4, 0.5) is 0 Å². The minimum absolute atomic E-state index is 0.476. The first-order valence-corrected chi connectivity index (χ1v) is 5.60. The van der Waals surface area contributed by atoms with Gasteiger partial charge in [-0.1, -0.05) is 0 Å². The Bertz CT molecular complexity index is 364. The van der Waals surface area contributed by atoms with Crippen molar-refractivity contribution in [2.75, 3.05) is 13.2 Å². The van der Waals surface area contributed by atoms with Crippen molar-refractivity contribution in [1.29, 1.82) is 0 Å². The molecule has 1 unspecified atom stereocenters. The first-order chi connectivity index (χ1) is 8.78. The molecule has 0 spiro atoms. The number of ether oxygens (including phenoxy) is 2. The number of ketones is 1. The number of nitrogens with two attached hydrogens (primary N) is 2. The number of rotatable bonds is 4. The van der Waals surface area contributed by atoms with Crippen molar-refractivity contribution in [2.45, 2.75) is 37.1 Å². The lowest BCUT2D eigenvalue weighted by molar-refractivity contribution is -0.277. The number of hydrogen-bond acceptors (Lipinski definition) is 9. The van der Waals surface area contributed by atoms with Crippen molar-refractivity contribution in [3.8, 4) is 0 Å². The van der Waals surface area contributed by atoms with Crippen LogP contribution in [0.1, 0.15) is 6.92 Å². The van der Waals surface area contributed by atoms with Crippen LogP contribution in [0.3, 0.4) is 0 Å². The summed E-state index contributed by atoms with van der Waals surface area (Å²) in [5, 5.41) is 28.6. The number of hydrogen-bond donors (Lipinski definition) is 5. The van der Waals surface area contributed by atoms with Gasteiger partial charge in [0.05, 0.1) is 13.2 Å². The Morgan fingerprint density at radius 2 is 2.00 bits per heavy atom. The highest BCUT2D eigenvalue weighted by Gasteiger charge is 2.58. The van der Waals surface area contributed by atoms with Gasteiger partial charge < -0.3 is 36.3 Å². The van der Waals surface area contributed by atoms with E-state index in [1.165, 1.54) is 0 Å². The second kappa shape index (κ2) is 5.90. The highest BCUT2D eigenvalue weighted by atomic mass is 16.7. The molecule has 1 saturated heterocycles. The normalized spacial score (nSPS) is 38.8. The molecule has 1 rings (SSSR count). The lowest BCUT2D eigenvalue weighted by Crippen LogP contribution is -2.74. The highest BCUT2D eigenvalue weighted by molar-refractivity contribution is 5.88. The Hall–Kier alpha value is -1.10. The molecule has 0 aromatic heterocycles. The number of carbonyl (C=O) groups excluding carboxylic acids is 2. The average Bonchev–Trinajstić information content (AvgIpc) is 2.38. The van der Waals surface area contributed by atoms with Crippen LogP contribution in [-0.4, -0.2) is 70.4 Å². The maximum Gasteiger partial charge on any atom is 0.322 e. The van der Waals surface area contributed by atoms with Crippen molar-refractivity contribution >= 4 is 11.8 Å². The molecule has 1 aliphatic heterocycles. The zero-order valence-corrected chi connectivity index (χ0v) is 10.4. The van der Waals surface area contributed by atoms with E-state index in [0.29, 0.717) is 0 Å². The van der Waals surface area contributed by atoms with E-state index in [4.69, 9.17) is 26.0 Å². The summed E-state index contributed by atoms with van der Waals surface area (Å²) < 4.78 is 9.82. The highest BCUT2D eigenvalue weighted by Crippen LogP contribution is 2.29. The quantitative estimate of drug-likeness (QED) is 0.324. The van der Waals surface area contributed by atoms with Gasteiger partial charge in [-0.05, 0) is 6.92 Å². The number of Topliss-reactive ketones (excluding diaryl/α,β-unsaturated/α-hetero) is 1. The fourth-order valence-corrected chi connectivity index (χ4v) is 1.80. The summed E-state index contributed by atoms with van der Waals surface area (Å²) in [5.74, 6) is -1.65. The van der Waals surface area contributed by atoms with Gasteiger partial charge in [0.15, 0.2) is 11.3 Å². The summed E-state index contributed by atoms with van der Waals surface area (Å²) in [6.07, 6.45) is -6.23. The lowest BCUT2D eigenvalue weighted by Gasteiger charge is -2.46. The predicted molar refractivity (Wildman–Crippen MR) is 60.5 cm³/mol. The van der Waals surface area contributed by atoms with Crippen LogP contribution in [-0.2, 0) is 19.1 Å². The molecular weight excluding hydrogens is 260 g/mol. The van der Waals surface area contributed by atoms with Gasteiger partial charge in [-0.2, -0.15) is 0 Å². The Morgan fingerprint density at radius 1 is 1.42 bits per heavy atom. The van der Waals surface area contributed by atoms with E-state index in [2.05, 4.69) is 0 Å². The van der Waals surface area contributed by atoms with Crippen LogP contribution >= 0.6 is 0 Å². The van der Waals surface area contributed by atoms with Crippen LogP contribution in [0.2, 0.25) is 0 Å². The maximum atomic E-state index is 11.6. The molecule has 0 aromatic rings. The van der Waals surface area contributed by atoms with E-state index >= 15 is 0 Å². The molecular formula is C10H18N2O7. The monoisotopic (exact) mass is 278 g/mol. The van der Waals surface area contributed by atoms with Crippen molar-refractivity contribution in [2.24, 2.45) is 11.5 Å². The van der Waals surface area contributed by atoms with E-state index in [1.807, 2.05) is 0 Å². The molecule has 1 aliphatic rings. The van der Waals surface area contributed by atoms with E-state index in [9.17, 15) is 19.8 Å². The van der Waals surface area contributed by atoms with Crippen LogP contribution in [0.5, 0.6) is 0 Å². The van der Waals surface area contributed by atoms with Gasteiger partial charge in [0.25, 0.3) is 0 Å². The van der Waals surface area contributed by atoms with Gasteiger partial charge >= 0.3 is 5.97 Å². The third kappa shape index (κ3) is 2.76. The summed E-state index contributed by atoms with van der Waals surface area (Å²) in [5.41, 5.74) is 8.65. The Morgan fingerprint density at radius 3 is 2.42 bits per heavy atom. The van der Waals surface area contributed by atoms with Crippen LogP contribution in [0.15, 0.2) is 0 Å². The molecule has 9 heteroatoms. The average molecular weight is 278 g/mol. The summed E-state index contributed by atoms with van der Waals surface area (Å²) in [4.78, 5) is 22.8. The first-order valence-electron chi connectivity index (χ1n) is 5.60. The molecule has 1 heterocycles. The van der Waals surface area contributed by atoms with Crippen LogP contribution in [0.25, 0.3) is 0 Å². The molecule has 0 aromatic carbocycles. The number of carbonyl (C=O) groups is 2. The Kier molecular flexibility index (Phi) is 4.96. The largest absolute Gasteiger partial charge is 0.432 e. The second-order valence-corrected chi connectivity index (χ2v) is 4.31. The second-order valence-electron chi connectivity index (χ2n) is 4.31. The molecule has 5 atom stereocenters. The van der Waals surface area contributed by atoms with Gasteiger partial charge in [-0.25, -0.2) is 0 Å². The fraction of sp³-hybridized carbons (Fsp3) is 0.800. The molecule has 110 valence electrons. The number of aliphatic hydroxyl groups excluding tert-OH is 3. The van der Waals surface area contributed by atoms with Gasteiger partial charge in [-0.3, -0.25) is 9.59 Å². The van der Waals surface area contributed by atoms with Gasteiger partial charge in [-0.15, -0.1) is 0 Å². The minimum Gasteiger partial charge on any atom is -0.432 e. The van der Waals surface area contributed by atoms with Crippen molar-refractivity contribution in [1.82, 2.24) is 0 Å². The van der Waals surface area contributed by atoms with Crippen molar-refractivity contribution in [3.63, 3.8) is 0 Å². The van der Waals surface area contributed by atoms with Crippen molar-refractivity contribution in [3.05, 3.63) is 0 Å². The van der Waals surface area contributed by atoms with Gasteiger partial charge in [0, 0.05) is 0 Å². The third-order valence-corrected chi connectivity index (χ3v) is 3.08. The number of aliphatic hydroxyl groups is 3. The van der Waals surface area contributed by atoms with Crippen LogP contribution in [0, 0.1) is 0 Å². The smallest absolute Gasteiger partial charge is 0.322 e. The summed E-state index contributed by atoms with van der Waals surface area (Å²) >= 11 is 0. The molecule has 1 fully saturated rings. The van der Waals surface area contributed by atoms with E-state index in [0.717, 1.165) is 6.92 Å². The lowest BCUT2D eigenvalue weighted by atomic mass is 9.81. The first kappa shape index (κ1) is 16.0. The van der Waals surface area contributed by atoms with Crippen molar-refractivity contribution < 1.29 is 34.4 Å². The molecule has 0 radical (unpaired) electrons. The molecule has 19 heavy (non-hydrogen) atoms. The topological polar surface area (TPSA) is 165 Å². The van der Waals surface area contributed by atoms with Crippen LogP contribution < -0.4 is 11.5 Å². The molecule has 0 amide bonds. The number of esters is 1. The van der Waals surface area contributed by atoms with E-state index < -0.39 is 55.0 Å². The van der Waals surface area contributed by atoms with E-state index in [-0.39, 0.29) is 0 Å². The summed E-state index contributed by atoms with van der Waals surface area (Å²) in [6, 6.07) is 0. The van der Waals surface area contributed by atoms with Gasteiger partial charge in [0.1, 0.15) is 18.3 Å². The molecule has 0 aliphatic carbocycles. The Balaban J connectivity index is 3.07. The standard InChI is InChI=1S/C10H18N2O7/c1-4(14)10(12)8(17)7(16)5(3-13)18-9(10)19-6(15)2-11/h5,7-9,13,16-17H,2-3,11-12H2,1H3/t5-,7-,8+,9?,10-/m1/s1. The summed E-state index contributed by atoms with van der Waals surface area (Å²) in [7, 11) is 0. The van der Waals surface area contributed by atoms with E-state index in [1.54, 1.807) is 0 Å². The molecule has 7 N–H and O–H groups in total. The fourth-order valence-electron chi connectivity index (χ4n) is 1.80. The third-order valence-electron chi connectivity index (χ3n) is 3.08. The molecule has 9 nitrogen and oxygen atoms in total. The molecule has 0 saturated carbocycles. The Labute approximate surface area is 109 Å². The minimum atomic E-state index is -2.13. The zero-order chi connectivity index (χ0) is 14.8. The van der Waals surface area contributed by atoms with Gasteiger partial charge in [0.2, 0.25) is 6.29 Å². The molecule has 0 bridgehead atoms. The predicted octanol–water partition coefficient (Wildman–Crippen LogP) is -3.79. The maximum absolute atomic E-state index is 11.6. The SMILES string of the molecule is CC(=O)[C@]1(N)C(OC(=O)CN)O[C@H](CO)[C@@H](O)[C@@H]1O.